The maximum atomic E-state index is 13.1. The summed E-state index contributed by atoms with van der Waals surface area (Å²) in [7, 11) is -75.9. The lowest BCUT2D eigenvalue weighted by Crippen LogP contribution is -2.22. The minimum atomic E-state index is -5.30. The van der Waals surface area contributed by atoms with E-state index in [0.29, 0.717) is 0 Å². The number of hydrogen-bond acceptors (Lipinski definition) is 57. The summed E-state index contributed by atoms with van der Waals surface area (Å²) in [6, 6.07) is 0. The van der Waals surface area contributed by atoms with Crippen LogP contribution in [0.15, 0.2) is 0 Å². The van der Waals surface area contributed by atoms with Crippen molar-refractivity contribution in [2.45, 2.75) is 20.8 Å². The maximum absolute atomic E-state index is 13.1. The lowest BCUT2D eigenvalue weighted by Gasteiger charge is -2.28. The Balaban J connectivity index is -0.00000121. The van der Waals surface area contributed by atoms with Crippen molar-refractivity contribution in [3.8, 4) is 0 Å². The number of aliphatic hydroxyl groups is 1. The topological polar surface area (TPSA) is 943 Å². The van der Waals surface area contributed by atoms with Crippen molar-refractivity contribution in [3.63, 3.8) is 0 Å². The molecular formula is C40H83F5O61P15-15. The molecule has 0 aliphatic heterocycles. The van der Waals surface area contributed by atoms with Crippen LogP contribution in [-0.4, -0.2) is 236 Å². The van der Waals surface area contributed by atoms with Crippen LogP contribution in [0.5, 0.6) is 0 Å². The molecule has 81 heteroatoms. The van der Waals surface area contributed by atoms with Gasteiger partial charge in [-0.1, -0.05) is 0 Å². The molecule has 0 amide bonds. The zero-order valence-corrected chi connectivity index (χ0v) is 75.6. The highest BCUT2D eigenvalue weighted by Crippen LogP contribution is 2.48. The van der Waals surface area contributed by atoms with Crippen LogP contribution in [0.1, 0.15) is 20.8 Å². The fourth-order valence-electron chi connectivity index (χ4n) is 5.45. The molecule has 0 aromatic heterocycles. The van der Waals surface area contributed by atoms with Crippen LogP contribution < -0.4 is 73.4 Å². The van der Waals surface area contributed by atoms with E-state index in [0.717, 1.165) is 0 Å². The quantitative estimate of drug-likeness (QED) is 0.0215. The summed E-state index contributed by atoms with van der Waals surface area (Å²) >= 11 is 0. The molecule has 0 bridgehead atoms. The van der Waals surface area contributed by atoms with Gasteiger partial charge in [-0.05, 0) is 20.8 Å². The summed E-state index contributed by atoms with van der Waals surface area (Å²) in [4.78, 5) is 201. The highest BCUT2D eigenvalue weighted by atomic mass is 31.2. The molecule has 0 rings (SSSR count). The molecule has 0 aliphatic rings. The summed E-state index contributed by atoms with van der Waals surface area (Å²) in [5.74, 6) is -6.09. The first-order valence-corrected chi connectivity index (χ1v) is 54.0. The average Bonchev–Trinajstić information content (AvgIpc) is 0.932. The molecule has 61 nitrogen and oxygen atoms in total. The number of rotatable bonds is 74. The van der Waals surface area contributed by atoms with Gasteiger partial charge >= 0.3 is 0 Å². The molecular weight excluding hydrogens is 2020 g/mol. The molecule has 0 aromatic rings. The van der Waals surface area contributed by atoms with Gasteiger partial charge in [0, 0.05) is 29.6 Å². The fourth-order valence-corrected chi connectivity index (χ4v) is 15.0. The van der Waals surface area contributed by atoms with Gasteiger partial charge in [-0.15, -0.1) is 0 Å². The summed E-state index contributed by atoms with van der Waals surface area (Å²) in [6.07, 6.45) is 0. The molecule has 0 radical (unpaired) electrons. The lowest BCUT2D eigenvalue weighted by atomic mass is 10.2. The minimum absolute atomic E-state index is 0.135. The normalized spacial score (nSPS) is 20.8. The van der Waals surface area contributed by atoms with Crippen LogP contribution in [0.3, 0.4) is 0 Å². The van der Waals surface area contributed by atoms with Crippen molar-refractivity contribution in [2.75, 3.05) is 212 Å². The van der Waals surface area contributed by atoms with Crippen molar-refractivity contribution in [3.05, 3.63) is 0 Å². The van der Waals surface area contributed by atoms with Gasteiger partial charge in [0.2, 0.25) is 0 Å². The van der Waals surface area contributed by atoms with E-state index in [1.165, 1.54) is 20.8 Å². The van der Waals surface area contributed by atoms with Gasteiger partial charge in [0.15, 0.2) is 0 Å². The number of phosphoric acid groups is 15. The van der Waals surface area contributed by atoms with Crippen molar-refractivity contribution in [1.29, 1.82) is 0 Å². The molecule has 20 atom stereocenters. The summed E-state index contributed by atoms with van der Waals surface area (Å²) < 4.78 is 340. The number of phosphoric ester groups is 15. The van der Waals surface area contributed by atoms with Gasteiger partial charge in [-0.3, -0.25) is 90.4 Å². The Hall–Kier alpha value is 1.26. The minimum Gasteiger partial charge on any atom is -0.756 e. The van der Waals surface area contributed by atoms with Crippen molar-refractivity contribution in [2.24, 2.45) is 29.6 Å². The molecule has 20 unspecified atom stereocenters. The van der Waals surface area contributed by atoms with E-state index in [4.69, 9.17) is 24.7 Å². The van der Waals surface area contributed by atoms with E-state index < -0.39 is 339 Å². The Labute approximate surface area is 683 Å². The first-order valence-electron chi connectivity index (χ1n) is 31.9. The molecule has 0 spiro atoms. The predicted molar refractivity (Wildman–Crippen MR) is 349 cm³/mol. The van der Waals surface area contributed by atoms with E-state index in [2.05, 4.69) is 118 Å². The Morgan fingerprint density at radius 2 is 0.306 bits per heavy atom. The van der Waals surface area contributed by atoms with Gasteiger partial charge < -0.3 is 216 Å². The Bertz CT molecular complexity index is 3490. The van der Waals surface area contributed by atoms with Crippen LogP contribution >= 0.6 is 117 Å². The lowest BCUT2D eigenvalue weighted by molar-refractivity contribution is -0.239. The Morgan fingerprint density at radius 3 is 0.413 bits per heavy atom. The van der Waals surface area contributed by atoms with Crippen molar-refractivity contribution in [1.82, 2.24) is 0 Å². The second-order valence-corrected chi connectivity index (χ2v) is 41.0. The van der Waals surface area contributed by atoms with Gasteiger partial charge in [0.05, 0.1) is 212 Å². The van der Waals surface area contributed by atoms with Crippen LogP contribution in [0.25, 0.3) is 0 Å². The van der Waals surface area contributed by atoms with E-state index in [1.807, 2.05) is 0 Å². The Morgan fingerprint density at radius 1 is 0.198 bits per heavy atom. The molecule has 734 valence electrons. The molecule has 0 aliphatic carbocycles. The highest BCUT2D eigenvalue weighted by molar-refractivity contribution is 7.49. The largest absolute Gasteiger partial charge is 0.756 e. The molecule has 0 saturated carbocycles. The third-order valence-corrected chi connectivity index (χ3v) is 23.5. The summed E-state index contributed by atoms with van der Waals surface area (Å²) in [5.41, 5.74) is 0. The first kappa shape index (κ1) is 129. The average molecular weight is 2100 g/mol. The smallest absolute Gasteiger partial charge is 0.268 e. The van der Waals surface area contributed by atoms with E-state index in [1.54, 1.807) is 0 Å². The highest BCUT2D eigenvalue weighted by Gasteiger charge is 2.25. The standard InChI is InChI=1S/C24H58F2O40P10.2C6H15FO8P2.C4H10FO5P/c1-2-48-68(30,31)64-21-24(18-26)22-66-76(46,47)62-16-14-60-74(42,43)58-12-10-56-72(38,39)54-8-6-52-70(34,35)50-4-3-49-69(32,33)51-5-7-53-71(36,37)55-9-11-57-73(40,41)59-13-15-61-75(44,45)65-20-23(17-25)19-63-67(27,28)29;2*1-2-13-17(11,12)15-5-6(3-7)4-14-16(8,9)10;5-1-4(2-6)3-10-11(7,8)9/h23-24H,2-22H2,1H3,(H,30,31)(H,32,33)(H,34,35)(H,36,37)(H,38,39)(H,40,41)(H,42,43)(H,44,45)(H,46,47)(H2,27,28,29);2*6H,2-5H2,1H3,(H,11,12)(H2,8,9,10);4,6H,1-3H2,(H2,7,8,9)/p-15. The van der Waals surface area contributed by atoms with Gasteiger partial charge in [-0.2, -0.15) is 0 Å². The molecule has 5 N–H and O–H groups in total. The SMILES string of the molecule is CCOP(=O)([O-])OCC(CF)COP(=O)([O-])O.CCOP(=O)([O-])OCC(CF)COP(=O)([O-])O.CCOP(=O)([O-])OCC(CF)COP(=O)([O-])OCCOP(=O)([O-])OCCOP(=O)([O-])OCCOP(=O)([O-])OCCOP(=O)([O-])OCCOP(=O)([O-])OCCOP(=O)([O-])OCCOP(=O)([O-])OCC(CF)COP(=O)([O-])O.O=P([O-])(O)OCC(CO)CF. The fraction of sp³-hybridized carbons (Fsp3) is 1.00. The third-order valence-electron chi connectivity index (χ3n) is 10.5. The monoisotopic (exact) mass is 2100 g/mol. The molecule has 0 heterocycles. The summed E-state index contributed by atoms with van der Waals surface area (Å²) in [6.45, 7) is -24.4. The molecule has 0 fully saturated rings. The number of alkyl halides is 5. The maximum Gasteiger partial charge on any atom is 0.268 e. The zero-order valence-electron chi connectivity index (χ0n) is 62.2. The second kappa shape index (κ2) is 65.0. The van der Waals surface area contributed by atoms with E-state index in [9.17, 15) is 164 Å². The molecule has 0 saturated heterocycles. The number of aliphatic hydroxyl groups excluding tert-OH is 1. The van der Waals surface area contributed by atoms with Crippen LogP contribution in [0, 0.1) is 29.6 Å². The molecule has 121 heavy (non-hydrogen) atoms. The second-order valence-electron chi connectivity index (χ2n) is 20.7. The van der Waals surface area contributed by atoms with Crippen LogP contribution in [0.4, 0.5) is 22.0 Å². The summed E-state index contributed by atoms with van der Waals surface area (Å²) in [5, 5.41) is 8.33. The van der Waals surface area contributed by atoms with Crippen LogP contribution in [-0.2, 0) is 186 Å². The van der Waals surface area contributed by atoms with E-state index >= 15 is 0 Å². The van der Waals surface area contributed by atoms with Crippen LogP contribution in [0.2, 0.25) is 0 Å². The third kappa shape index (κ3) is 85.2. The van der Waals surface area contributed by atoms with Crippen molar-refractivity contribution >= 4 is 117 Å². The number of hydrogen-bond donors (Lipinski definition) is 5. The van der Waals surface area contributed by atoms with Crippen molar-refractivity contribution < 1.29 is 306 Å². The first-order chi connectivity index (χ1) is 55.2. The Kier molecular flexibility index (Phi) is 69.0. The van der Waals surface area contributed by atoms with Gasteiger partial charge in [0.1, 0.15) is 0 Å². The van der Waals surface area contributed by atoms with Gasteiger partial charge in [0.25, 0.3) is 117 Å². The zero-order chi connectivity index (χ0) is 94.4. The number of halogens is 5. The van der Waals surface area contributed by atoms with E-state index in [-0.39, 0.29) is 19.8 Å². The van der Waals surface area contributed by atoms with Gasteiger partial charge in [-0.25, -0.2) is 0 Å². The molecule has 0 aromatic carbocycles. The predicted octanol–water partition coefficient (Wildman–Crippen LogP) is -5.65.